The fourth-order valence-corrected chi connectivity index (χ4v) is 3.45. The molecule has 6 nitrogen and oxygen atoms in total. The summed E-state index contributed by atoms with van der Waals surface area (Å²) in [6.45, 7) is 1.19. The lowest BCUT2D eigenvalue weighted by Crippen LogP contribution is -2.53. The third-order valence-corrected chi connectivity index (χ3v) is 4.71. The molecule has 2 N–H and O–H groups in total. The molecule has 2 aromatic carbocycles. The molecule has 1 heterocycles. The first-order valence-corrected chi connectivity index (χ1v) is 9.42. The number of para-hydroxylation sites is 3. The van der Waals surface area contributed by atoms with Gasteiger partial charge >= 0.3 is 6.18 Å². The number of carbonyl (C=O) groups excluding carboxylic acids is 2. The summed E-state index contributed by atoms with van der Waals surface area (Å²) in [7, 11) is 0. The molecule has 1 aliphatic heterocycles. The molecular formula is C21H22F3N3O3. The second-order valence-corrected chi connectivity index (χ2v) is 7.16. The van der Waals surface area contributed by atoms with E-state index in [0.717, 1.165) is 0 Å². The second kappa shape index (κ2) is 8.74. The molecule has 0 bridgehead atoms. The molecular weight excluding hydrogens is 399 g/mol. The Labute approximate surface area is 171 Å². The molecule has 0 radical (unpaired) electrons. The molecule has 2 amide bonds. The smallest absolute Gasteiger partial charge is 0.392 e. The standard InChI is InChI=1S/C21H22F3N3O3/c1-14(28)12-26(15-7-3-2-4-8-15)13-20(30)27-17-10-6-5-9-16(17)25-19(29)11-18(27)21(22,23)24/h2-10,14,18,28H,11-13H2,1H3,(H,25,29). The number of fused-ring (bicyclic) bond motifs is 1. The van der Waals surface area contributed by atoms with Crippen molar-refractivity contribution in [3.8, 4) is 0 Å². The Morgan fingerprint density at radius 2 is 1.83 bits per heavy atom. The predicted octanol–water partition coefficient (Wildman–Crippen LogP) is 3.18. The maximum atomic E-state index is 13.8. The van der Waals surface area contributed by atoms with Crippen molar-refractivity contribution in [2.75, 3.05) is 28.2 Å². The largest absolute Gasteiger partial charge is 0.409 e. The summed E-state index contributed by atoms with van der Waals surface area (Å²) in [4.78, 5) is 27.4. The summed E-state index contributed by atoms with van der Waals surface area (Å²) in [6.07, 6.45) is -6.51. The van der Waals surface area contributed by atoms with Crippen molar-refractivity contribution in [1.82, 2.24) is 0 Å². The van der Waals surface area contributed by atoms with E-state index in [9.17, 15) is 27.9 Å². The number of nitrogens with zero attached hydrogens (tertiary/aromatic N) is 2. The van der Waals surface area contributed by atoms with E-state index in [1.807, 2.05) is 0 Å². The highest BCUT2D eigenvalue weighted by Crippen LogP contribution is 2.37. The molecule has 0 saturated heterocycles. The molecule has 30 heavy (non-hydrogen) atoms. The van der Waals surface area contributed by atoms with Crippen LogP contribution in [0.25, 0.3) is 0 Å². The van der Waals surface area contributed by atoms with Crippen LogP contribution in [0.3, 0.4) is 0 Å². The van der Waals surface area contributed by atoms with Gasteiger partial charge in [-0.2, -0.15) is 13.2 Å². The van der Waals surface area contributed by atoms with E-state index >= 15 is 0 Å². The average Bonchev–Trinajstić information content (AvgIpc) is 2.83. The van der Waals surface area contributed by atoms with Gasteiger partial charge in [-0.25, -0.2) is 0 Å². The van der Waals surface area contributed by atoms with Crippen LogP contribution < -0.4 is 15.1 Å². The summed E-state index contributed by atoms with van der Waals surface area (Å²) >= 11 is 0. The zero-order chi connectivity index (χ0) is 21.9. The summed E-state index contributed by atoms with van der Waals surface area (Å²) in [5.74, 6) is -1.64. The molecule has 160 valence electrons. The third kappa shape index (κ3) is 4.91. The number of benzene rings is 2. The van der Waals surface area contributed by atoms with Crippen LogP contribution in [0.4, 0.5) is 30.2 Å². The van der Waals surface area contributed by atoms with Gasteiger partial charge in [-0.05, 0) is 31.2 Å². The number of aliphatic hydroxyl groups excluding tert-OH is 1. The van der Waals surface area contributed by atoms with Gasteiger partial charge in [0.15, 0.2) is 0 Å². The van der Waals surface area contributed by atoms with Crippen molar-refractivity contribution < 1.29 is 27.9 Å². The number of hydrogen-bond acceptors (Lipinski definition) is 4. The average molecular weight is 421 g/mol. The Balaban J connectivity index is 2.00. The van der Waals surface area contributed by atoms with Crippen LogP contribution in [0.1, 0.15) is 13.3 Å². The molecule has 2 aromatic rings. The molecule has 2 atom stereocenters. The third-order valence-electron chi connectivity index (χ3n) is 4.71. The van der Waals surface area contributed by atoms with Crippen LogP contribution in [0.5, 0.6) is 0 Å². The Morgan fingerprint density at radius 1 is 1.20 bits per heavy atom. The maximum absolute atomic E-state index is 13.8. The number of hydrogen-bond donors (Lipinski definition) is 2. The summed E-state index contributed by atoms with van der Waals surface area (Å²) in [5, 5.41) is 12.3. The normalized spacial score (nSPS) is 17.6. The Morgan fingerprint density at radius 3 is 2.47 bits per heavy atom. The highest BCUT2D eigenvalue weighted by molar-refractivity contribution is 6.05. The van der Waals surface area contributed by atoms with E-state index in [-0.39, 0.29) is 17.9 Å². The van der Waals surface area contributed by atoms with Crippen LogP contribution >= 0.6 is 0 Å². The fraction of sp³-hybridized carbons (Fsp3) is 0.333. The molecule has 0 saturated carbocycles. The van der Waals surface area contributed by atoms with Gasteiger partial charge in [-0.1, -0.05) is 30.3 Å². The Bertz CT molecular complexity index is 903. The maximum Gasteiger partial charge on any atom is 0.409 e. The Kier molecular flexibility index (Phi) is 6.31. The van der Waals surface area contributed by atoms with E-state index in [1.165, 1.54) is 30.0 Å². The predicted molar refractivity (Wildman–Crippen MR) is 107 cm³/mol. The van der Waals surface area contributed by atoms with Crippen LogP contribution in [-0.2, 0) is 9.59 Å². The molecule has 0 aliphatic carbocycles. The van der Waals surface area contributed by atoms with E-state index in [2.05, 4.69) is 5.32 Å². The van der Waals surface area contributed by atoms with Gasteiger partial charge in [-0.3, -0.25) is 14.5 Å². The van der Waals surface area contributed by atoms with Gasteiger partial charge < -0.3 is 15.3 Å². The highest BCUT2D eigenvalue weighted by atomic mass is 19.4. The number of anilines is 3. The van der Waals surface area contributed by atoms with Crippen molar-refractivity contribution in [2.45, 2.75) is 31.7 Å². The molecule has 2 unspecified atom stereocenters. The van der Waals surface area contributed by atoms with Crippen LogP contribution in [0, 0.1) is 0 Å². The minimum atomic E-state index is -4.80. The summed E-state index contributed by atoms with van der Waals surface area (Å²) in [5.41, 5.74) is 0.720. The number of aliphatic hydroxyl groups is 1. The van der Waals surface area contributed by atoms with Gasteiger partial charge in [0.2, 0.25) is 11.8 Å². The number of alkyl halides is 3. The van der Waals surface area contributed by atoms with Gasteiger partial charge in [0.25, 0.3) is 0 Å². The lowest BCUT2D eigenvalue weighted by molar-refractivity contribution is -0.157. The molecule has 1 aliphatic rings. The fourth-order valence-electron chi connectivity index (χ4n) is 3.45. The van der Waals surface area contributed by atoms with Crippen molar-refractivity contribution in [3.05, 3.63) is 54.6 Å². The van der Waals surface area contributed by atoms with Gasteiger partial charge in [0.1, 0.15) is 6.04 Å². The number of nitrogens with one attached hydrogen (secondary N) is 1. The number of rotatable bonds is 5. The lowest BCUT2D eigenvalue weighted by atomic mass is 10.1. The minimum Gasteiger partial charge on any atom is -0.392 e. The van der Waals surface area contributed by atoms with Crippen molar-refractivity contribution >= 4 is 28.9 Å². The molecule has 0 fully saturated rings. The van der Waals surface area contributed by atoms with Crippen molar-refractivity contribution in [3.63, 3.8) is 0 Å². The van der Waals surface area contributed by atoms with E-state index in [0.29, 0.717) is 10.6 Å². The monoisotopic (exact) mass is 421 g/mol. The number of halogens is 3. The number of amides is 2. The first-order chi connectivity index (χ1) is 14.2. The van der Waals surface area contributed by atoms with E-state index in [1.54, 1.807) is 36.4 Å². The first-order valence-electron chi connectivity index (χ1n) is 9.42. The SMILES string of the molecule is CC(O)CN(CC(=O)N1c2ccccc2NC(=O)CC1C(F)(F)F)c1ccccc1. The van der Waals surface area contributed by atoms with Gasteiger partial charge in [-0.15, -0.1) is 0 Å². The lowest BCUT2D eigenvalue weighted by Gasteiger charge is -2.34. The summed E-state index contributed by atoms with van der Waals surface area (Å²) in [6, 6.07) is 12.3. The second-order valence-electron chi connectivity index (χ2n) is 7.16. The number of carbonyl (C=O) groups is 2. The minimum absolute atomic E-state index is 0.0132. The quantitative estimate of drug-likeness (QED) is 0.778. The van der Waals surface area contributed by atoms with Crippen LogP contribution in [0.2, 0.25) is 0 Å². The zero-order valence-corrected chi connectivity index (χ0v) is 16.3. The van der Waals surface area contributed by atoms with Crippen molar-refractivity contribution in [1.29, 1.82) is 0 Å². The molecule has 9 heteroatoms. The topological polar surface area (TPSA) is 72.9 Å². The Hall–Kier alpha value is -3.07. The van der Waals surface area contributed by atoms with Crippen molar-refractivity contribution in [2.24, 2.45) is 0 Å². The highest BCUT2D eigenvalue weighted by Gasteiger charge is 2.49. The first kappa shape index (κ1) is 21.6. The van der Waals surface area contributed by atoms with Crippen LogP contribution in [-0.4, -0.2) is 48.3 Å². The summed E-state index contributed by atoms with van der Waals surface area (Å²) < 4.78 is 41.5. The zero-order valence-electron chi connectivity index (χ0n) is 16.3. The van der Waals surface area contributed by atoms with Gasteiger partial charge in [0.05, 0.1) is 30.4 Å². The van der Waals surface area contributed by atoms with Gasteiger partial charge in [0, 0.05) is 12.2 Å². The van der Waals surface area contributed by atoms with E-state index in [4.69, 9.17) is 0 Å². The molecule has 3 rings (SSSR count). The molecule has 0 spiro atoms. The van der Waals surface area contributed by atoms with Crippen LogP contribution in [0.15, 0.2) is 54.6 Å². The molecule has 0 aromatic heterocycles. The van der Waals surface area contributed by atoms with E-state index < -0.39 is 43.1 Å².